The van der Waals surface area contributed by atoms with Crippen LogP contribution in [-0.4, -0.2) is 59.1 Å². The summed E-state index contributed by atoms with van der Waals surface area (Å²) in [7, 11) is 1.94. The highest BCUT2D eigenvalue weighted by Gasteiger charge is 2.37. The molecular formula is C14H28N2O2. The van der Waals surface area contributed by atoms with Gasteiger partial charge in [0.1, 0.15) is 5.54 Å². The van der Waals surface area contributed by atoms with Crippen LogP contribution in [0.2, 0.25) is 0 Å². The summed E-state index contributed by atoms with van der Waals surface area (Å²) in [5, 5.41) is 9.26. The number of carboxylic acid groups (broad SMARTS) is 1. The molecule has 1 aliphatic heterocycles. The van der Waals surface area contributed by atoms with Crippen LogP contribution in [0.15, 0.2) is 0 Å². The van der Waals surface area contributed by atoms with Crippen LogP contribution in [0.25, 0.3) is 0 Å². The molecule has 18 heavy (non-hydrogen) atoms. The van der Waals surface area contributed by atoms with Crippen molar-refractivity contribution in [3.8, 4) is 0 Å². The molecule has 0 atom stereocenters. The Morgan fingerprint density at radius 3 is 2.28 bits per heavy atom. The van der Waals surface area contributed by atoms with Crippen molar-refractivity contribution in [3.05, 3.63) is 0 Å². The van der Waals surface area contributed by atoms with Crippen molar-refractivity contribution in [2.24, 2.45) is 5.92 Å². The number of likely N-dealkylation sites (N-methyl/N-ethyl adjacent to an activating group) is 1. The Kier molecular flexibility index (Phi) is 5.17. The van der Waals surface area contributed by atoms with Gasteiger partial charge in [-0.3, -0.25) is 9.69 Å². The molecule has 1 rings (SSSR count). The second-order valence-corrected chi connectivity index (χ2v) is 6.40. The SMILES string of the molecule is CC(C)CN1CCC(N(C)C(C)(C)C(=O)O)CC1. The van der Waals surface area contributed by atoms with E-state index in [1.54, 1.807) is 13.8 Å². The molecule has 4 nitrogen and oxygen atoms in total. The van der Waals surface area contributed by atoms with Crippen LogP contribution in [0.5, 0.6) is 0 Å². The minimum absolute atomic E-state index is 0.388. The Balaban J connectivity index is 2.50. The van der Waals surface area contributed by atoms with E-state index in [-0.39, 0.29) is 0 Å². The number of nitrogens with zero attached hydrogens (tertiary/aromatic N) is 2. The van der Waals surface area contributed by atoms with Gasteiger partial charge in [-0.15, -0.1) is 0 Å². The predicted octanol–water partition coefficient (Wildman–Crippen LogP) is 1.90. The third kappa shape index (κ3) is 3.69. The molecule has 0 saturated carbocycles. The molecule has 1 heterocycles. The zero-order chi connectivity index (χ0) is 13.9. The minimum Gasteiger partial charge on any atom is -0.480 e. The molecule has 0 aromatic rings. The van der Waals surface area contributed by atoms with Crippen LogP contribution in [0, 0.1) is 5.92 Å². The highest BCUT2D eigenvalue weighted by Crippen LogP contribution is 2.23. The van der Waals surface area contributed by atoms with Crippen molar-refractivity contribution in [3.63, 3.8) is 0 Å². The summed E-state index contributed by atoms with van der Waals surface area (Å²) in [6.07, 6.45) is 2.14. The van der Waals surface area contributed by atoms with Crippen LogP contribution < -0.4 is 0 Å². The molecule has 1 aliphatic rings. The van der Waals surface area contributed by atoms with E-state index in [4.69, 9.17) is 0 Å². The second kappa shape index (κ2) is 6.02. The largest absolute Gasteiger partial charge is 0.480 e. The smallest absolute Gasteiger partial charge is 0.323 e. The maximum Gasteiger partial charge on any atom is 0.323 e. The topological polar surface area (TPSA) is 43.8 Å². The summed E-state index contributed by atoms with van der Waals surface area (Å²) in [5.41, 5.74) is -0.773. The Labute approximate surface area is 111 Å². The number of aliphatic carboxylic acids is 1. The van der Waals surface area contributed by atoms with Gasteiger partial charge < -0.3 is 10.0 Å². The molecule has 0 amide bonds. The molecule has 1 fully saturated rings. The lowest BCUT2D eigenvalue weighted by molar-refractivity contribution is -0.150. The minimum atomic E-state index is -0.773. The molecule has 4 heteroatoms. The third-order valence-electron chi connectivity index (χ3n) is 4.13. The first-order valence-electron chi connectivity index (χ1n) is 6.93. The van der Waals surface area contributed by atoms with E-state index in [0.717, 1.165) is 32.5 Å². The van der Waals surface area contributed by atoms with Crippen LogP contribution in [0.1, 0.15) is 40.5 Å². The highest BCUT2D eigenvalue weighted by atomic mass is 16.4. The lowest BCUT2D eigenvalue weighted by Gasteiger charge is -2.42. The van der Waals surface area contributed by atoms with Crippen molar-refractivity contribution in [2.45, 2.75) is 52.1 Å². The first-order chi connectivity index (χ1) is 8.25. The van der Waals surface area contributed by atoms with E-state index in [0.29, 0.717) is 12.0 Å². The van der Waals surface area contributed by atoms with Gasteiger partial charge in [0.2, 0.25) is 0 Å². The Morgan fingerprint density at radius 2 is 1.89 bits per heavy atom. The van der Waals surface area contributed by atoms with Gasteiger partial charge >= 0.3 is 5.97 Å². The molecule has 106 valence electrons. The van der Waals surface area contributed by atoms with Crippen molar-refractivity contribution >= 4 is 5.97 Å². The summed E-state index contributed by atoms with van der Waals surface area (Å²) in [6, 6.07) is 0.388. The van der Waals surface area contributed by atoms with E-state index in [1.807, 2.05) is 11.9 Å². The van der Waals surface area contributed by atoms with Gasteiger partial charge in [-0.25, -0.2) is 0 Å². The summed E-state index contributed by atoms with van der Waals surface area (Å²) < 4.78 is 0. The van der Waals surface area contributed by atoms with Crippen LogP contribution in [-0.2, 0) is 4.79 Å². The predicted molar refractivity (Wildman–Crippen MR) is 73.8 cm³/mol. The average Bonchev–Trinajstić information content (AvgIpc) is 2.28. The van der Waals surface area contributed by atoms with Crippen molar-refractivity contribution < 1.29 is 9.90 Å². The van der Waals surface area contributed by atoms with Crippen molar-refractivity contribution in [1.82, 2.24) is 9.80 Å². The number of rotatable bonds is 5. The lowest BCUT2D eigenvalue weighted by atomic mass is 9.95. The molecule has 0 spiro atoms. The van der Waals surface area contributed by atoms with Gasteiger partial charge in [-0.05, 0) is 52.7 Å². The number of carbonyl (C=O) groups is 1. The maximum absolute atomic E-state index is 11.3. The molecule has 0 aliphatic carbocycles. The molecule has 1 saturated heterocycles. The van der Waals surface area contributed by atoms with Gasteiger partial charge in [0.25, 0.3) is 0 Å². The first-order valence-corrected chi connectivity index (χ1v) is 6.93. The highest BCUT2D eigenvalue weighted by molar-refractivity contribution is 5.77. The van der Waals surface area contributed by atoms with Gasteiger partial charge in [0, 0.05) is 12.6 Å². The normalized spacial score (nSPS) is 19.7. The molecule has 1 N–H and O–H groups in total. The van der Waals surface area contributed by atoms with Gasteiger partial charge in [0.05, 0.1) is 0 Å². The summed E-state index contributed by atoms with van der Waals surface area (Å²) in [6.45, 7) is 11.4. The van der Waals surface area contributed by atoms with Crippen LogP contribution in [0.3, 0.4) is 0 Å². The first kappa shape index (κ1) is 15.4. The number of piperidine rings is 1. The Hall–Kier alpha value is -0.610. The fraction of sp³-hybridized carbons (Fsp3) is 0.929. The number of likely N-dealkylation sites (tertiary alicyclic amines) is 1. The van der Waals surface area contributed by atoms with Crippen molar-refractivity contribution in [1.29, 1.82) is 0 Å². The monoisotopic (exact) mass is 256 g/mol. The van der Waals surface area contributed by atoms with E-state index < -0.39 is 11.5 Å². The molecule has 0 radical (unpaired) electrons. The number of carboxylic acids is 1. The molecule has 0 aromatic carbocycles. The molecule has 0 aromatic heterocycles. The van der Waals surface area contributed by atoms with E-state index in [1.165, 1.54) is 0 Å². The zero-order valence-corrected chi connectivity index (χ0v) is 12.4. The second-order valence-electron chi connectivity index (χ2n) is 6.40. The standard InChI is InChI=1S/C14H28N2O2/c1-11(2)10-16-8-6-12(7-9-16)15(5)14(3,4)13(17)18/h11-12H,6-10H2,1-5H3,(H,17,18). The van der Waals surface area contributed by atoms with Crippen LogP contribution >= 0.6 is 0 Å². The molecule has 0 bridgehead atoms. The lowest BCUT2D eigenvalue weighted by Crippen LogP contribution is -2.55. The fourth-order valence-electron chi connectivity index (χ4n) is 2.61. The summed E-state index contributed by atoms with van der Waals surface area (Å²) in [5.74, 6) is -0.0376. The quantitative estimate of drug-likeness (QED) is 0.816. The third-order valence-corrected chi connectivity index (χ3v) is 4.13. The maximum atomic E-state index is 11.3. The van der Waals surface area contributed by atoms with Crippen LogP contribution in [0.4, 0.5) is 0 Å². The molecule has 0 unspecified atom stereocenters. The van der Waals surface area contributed by atoms with E-state index in [2.05, 4.69) is 18.7 Å². The van der Waals surface area contributed by atoms with E-state index in [9.17, 15) is 9.90 Å². The fourth-order valence-corrected chi connectivity index (χ4v) is 2.61. The summed E-state index contributed by atoms with van der Waals surface area (Å²) in [4.78, 5) is 15.8. The number of hydrogen-bond donors (Lipinski definition) is 1. The Morgan fingerprint density at radius 1 is 1.39 bits per heavy atom. The average molecular weight is 256 g/mol. The van der Waals surface area contributed by atoms with E-state index >= 15 is 0 Å². The van der Waals surface area contributed by atoms with Gasteiger partial charge in [0.15, 0.2) is 0 Å². The zero-order valence-electron chi connectivity index (χ0n) is 12.4. The van der Waals surface area contributed by atoms with Gasteiger partial charge in [-0.2, -0.15) is 0 Å². The summed E-state index contributed by atoms with van der Waals surface area (Å²) >= 11 is 0. The van der Waals surface area contributed by atoms with Crippen molar-refractivity contribution in [2.75, 3.05) is 26.7 Å². The Bertz CT molecular complexity index is 282. The molecular weight excluding hydrogens is 228 g/mol. The number of hydrogen-bond acceptors (Lipinski definition) is 3. The van der Waals surface area contributed by atoms with Gasteiger partial charge in [-0.1, -0.05) is 13.8 Å².